The van der Waals surface area contributed by atoms with Gasteiger partial charge in [0.15, 0.2) is 11.6 Å². The van der Waals surface area contributed by atoms with Crippen LogP contribution in [-0.4, -0.2) is 13.1 Å². The first-order chi connectivity index (χ1) is 10.0. The second-order valence-electron chi connectivity index (χ2n) is 4.16. The maximum Gasteiger partial charge on any atom is 0.338 e. The largest absolute Gasteiger partial charge is 0.486 e. The molecule has 0 heterocycles. The quantitative estimate of drug-likeness (QED) is 0.801. The molecular formula is C15H11ClF2O3. The van der Waals surface area contributed by atoms with Gasteiger partial charge in [-0.1, -0.05) is 17.7 Å². The van der Waals surface area contributed by atoms with Crippen LogP contribution in [0.4, 0.5) is 8.78 Å². The van der Waals surface area contributed by atoms with E-state index in [0.29, 0.717) is 10.6 Å². The zero-order valence-corrected chi connectivity index (χ0v) is 11.8. The Morgan fingerprint density at radius 3 is 2.67 bits per heavy atom. The molecule has 3 nitrogen and oxygen atoms in total. The van der Waals surface area contributed by atoms with Crippen LogP contribution in [0.1, 0.15) is 15.9 Å². The number of halogens is 3. The van der Waals surface area contributed by atoms with Crippen molar-refractivity contribution in [3.05, 3.63) is 64.2 Å². The van der Waals surface area contributed by atoms with Crippen LogP contribution in [0.5, 0.6) is 5.75 Å². The molecule has 0 bridgehead atoms. The Labute approximate surface area is 125 Å². The van der Waals surface area contributed by atoms with Crippen LogP contribution in [-0.2, 0) is 11.3 Å². The Bertz CT molecular complexity index is 674. The zero-order chi connectivity index (χ0) is 15.4. The van der Waals surface area contributed by atoms with Gasteiger partial charge in [-0.2, -0.15) is 0 Å². The number of esters is 1. The molecule has 0 radical (unpaired) electrons. The molecule has 0 aliphatic heterocycles. The Balaban J connectivity index is 2.24. The topological polar surface area (TPSA) is 35.5 Å². The molecular weight excluding hydrogens is 302 g/mol. The van der Waals surface area contributed by atoms with Crippen molar-refractivity contribution in [1.82, 2.24) is 0 Å². The highest BCUT2D eigenvalue weighted by Crippen LogP contribution is 2.22. The predicted molar refractivity (Wildman–Crippen MR) is 73.5 cm³/mol. The van der Waals surface area contributed by atoms with Crippen molar-refractivity contribution in [2.24, 2.45) is 0 Å². The van der Waals surface area contributed by atoms with Crippen LogP contribution >= 0.6 is 11.6 Å². The lowest BCUT2D eigenvalue weighted by Crippen LogP contribution is -2.08. The molecule has 0 saturated carbocycles. The van der Waals surface area contributed by atoms with Crippen LogP contribution in [0.3, 0.4) is 0 Å². The first-order valence-corrected chi connectivity index (χ1v) is 6.33. The summed E-state index contributed by atoms with van der Waals surface area (Å²) >= 11 is 5.82. The summed E-state index contributed by atoms with van der Waals surface area (Å²) in [6, 6.07) is 7.44. The lowest BCUT2D eigenvalue weighted by Gasteiger charge is -2.11. The fourth-order valence-electron chi connectivity index (χ4n) is 1.72. The number of methoxy groups -OCH3 is 1. The Morgan fingerprint density at radius 1 is 1.19 bits per heavy atom. The van der Waals surface area contributed by atoms with Gasteiger partial charge in [-0.05, 0) is 24.3 Å². The molecule has 2 aromatic carbocycles. The number of ether oxygens (including phenoxy) is 2. The van der Waals surface area contributed by atoms with E-state index in [4.69, 9.17) is 16.3 Å². The first kappa shape index (κ1) is 15.3. The molecule has 0 aliphatic carbocycles. The standard InChI is InChI=1S/C15H11ClF2O3/c1-20-15(19)12-6-10(16)3-2-9(12)8-21-14-7-11(17)4-5-13(14)18/h2-7H,8H2,1H3. The van der Waals surface area contributed by atoms with Crippen molar-refractivity contribution in [3.8, 4) is 5.75 Å². The molecule has 6 heteroatoms. The molecule has 0 aromatic heterocycles. The van der Waals surface area contributed by atoms with Gasteiger partial charge in [-0.25, -0.2) is 13.6 Å². The Kier molecular flexibility index (Phi) is 4.75. The summed E-state index contributed by atoms with van der Waals surface area (Å²) in [6.45, 7) is -0.123. The second-order valence-corrected chi connectivity index (χ2v) is 4.59. The Hall–Kier alpha value is -2.14. The number of carbonyl (C=O) groups is 1. The third kappa shape index (κ3) is 3.70. The van der Waals surface area contributed by atoms with Crippen LogP contribution in [0.25, 0.3) is 0 Å². The molecule has 0 spiro atoms. The van der Waals surface area contributed by atoms with Crippen LogP contribution in [0.15, 0.2) is 36.4 Å². The van der Waals surface area contributed by atoms with E-state index in [1.54, 1.807) is 12.1 Å². The zero-order valence-electron chi connectivity index (χ0n) is 11.0. The van der Waals surface area contributed by atoms with E-state index in [2.05, 4.69) is 4.74 Å². The average Bonchev–Trinajstić information content (AvgIpc) is 2.48. The minimum absolute atomic E-state index is 0.123. The molecule has 110 valence electrons. The highest BCUT2D eigenvalue weighted by Gasteiger charge is 2.14. The molecule has 2 rings (SSSR count). The highest BCUT2D eigenvalue weighted by atomic mass is 35.5. The lowest BCUT2D eigenvalue weighted by atomic mass is 10.1. The van der Waals surface area contributed by atoms with E-state index < -0.39 is 17.6 Å². The van der Waals surface area contributed by atoms with Gasteiger partial charge < -0.3 is 9.47 Å². The fourth-order valence-corrected chi connectivity index (χ4v) is 1.89. The number of hydrogen-bond acceptors (Lipinski definition) is 3. The number of carbonyl (C=O) groups excluding carboxylic acids is 1. The van der Waals surface area contributed by atoms with E-state index in [0.717, 1.165) is 18.2 Å². The average molecular weight is 313 g/mol. The molecule has 2 aromatic rings. The fraction of sp³-hybridized carbons (Fsp3) is 0.133. The molecule has 0 atom stereocenters. The van der Waals surface area contributed by atoms with Gasteiger partial charge in [-0.15, -0.1) is 0 Å². The summed E-state index contributed by atoms with van der Waals surface area (Å²) in [6.07, 6.45) is 0. The van der Waals surface area contributed by atoms with Gasteiger partial charge in [0.1, 0.15) is 12.4 Å². The molecule has 21 heavy (non-hydrogen) atoms. The van der Waals surface area contributed by atoms with Gasteiger partial charge in [0, 0.05) is 16.7 Å². The van der Waals surface area contributed by atoms with Gasteiger partial charge in [0.25, 0.3) is 0 Å². The van der Waals surface area contributed by atoms with E-state index in [1.165, 1.54) is 13.2 Å². The van der Waals surface area contributed by atoms with E-state index in [9.17, 15) is 13.6 Å². The summed E-state index contributed by atoms with van der Waals surface area (Å²) in [4.78, 5) is 11.6. The van der Waals surface area contributed by atoms with Crippen molar-refractivity contribution < 1.29 is 23.0 Å². The van der Waals surface area contributed by atoms with Gasteiger partial charge in [0.2, 0.25) is 0 Å². The van der Waals surface area contributed by atoms with Crippen molar-refractivity contribution in [1.29, 1.82) is 0 Å². The summed E-state index contributed by atoms with van der Waals surface area (Å²) in [7, 11) is 1.24. The third-order valence-corrected chi connectivity index (χ3v) is 2.99. The van der Waals surface area contributed by atoms with Crippen LogP contribution in [0, 0.1) is 11.6 Å². The van der Waals surface area contributed by atoms with Crippen LogP contribution < -0.4 is 4.74 Å². The molecule has 0 unspecified atom stereocenters. The third-order valence-electron chi connectivity index (χ3n) is 2.75. The molecule has 0 saturated heterocycles. The number of rotatable bonds is 4. The van der Waals surface area contributed by atoms with Crippen molar-refractivity contribution in [2.45, 2.75) is 6.61 Å². The summed E-state index contributed by atoms with van der Waals surface area (Å²) in [5.74, 6) is -2.13. The first-order valence-electron chi connectivity index (χ1n) is 5.96. The monoisotopic (exact) mass is 312 g/mol. The summed E-state index contributed by atoms with van der Waals surface area (Å²) in [5, 5.41) is 0.357. The minimum Gasteiger partial charge on any atom is -0.486 e. The van der Waals surface area contributed by atoms with E-state index >= 15 is 0 Å². The van der Waals surface area contributed by atoms with Crippen molar-refractivity contribution in [2.75, 3.05) is 7.11 Å². The summed E-state index contributed by atoms with van der Waals surface area (Å²) < 4.78 is 36.4. The van der Waals surface area contributed by atoms with Gasteiger partial charge in [0.05, 0.1) is 12.7 Å². The van der Waals surface area contributed by atoms with Gasteiger partial charge >= 0.3 is 5.97 Å². The number of benzene rings is 2. The van der Waals surface area contributed by atoms with Crippen LogP contribution in [0.2, 0.25) is 5.02 Å². The maximum atomic E-state index is 13.5. The molecule has 0 amide bonds. The second kappa shape index (κ2) is 6.54. The highest BCUT2D eigenvalue weighted by molar-refractivity contribution is 6.31. The molecule has 0 aliphatic rings. The normalized spacial score (nSPS) is 10.3. The number of hydrogen-bond donors (Lipinski definition) is 0. The van der Waals surface area contributed by atoms with Gasteiger partial charge in [-0.3, -0.25) is 0 Å². The maximum absolute atomic E-state index is 13.5. The van der Waals surface area contributed by atoms with E-state index in [1.807, 2.05) is 0 Å². The molecule has 0 N–H and O–H groups in total. The SMILES string of the molecule is COC(=O)c1cc(Cl)ccc1COc1cc(F)ccc1F. The molecule has 0 fully saturated rings. The van der Waals surface area contributed by atoms with Crippen molar-refractivity contribution in [3.63, 3.8) is 0 Å². The minimum atomic E-state index is -0.690. The smallest absolute Gasteiger partial charge is 0.338 e. The Morgan fingerprint density at radius 2 is 1.95 bits per heavy atom. The van der Waals surface area contributed by atoms with Crippen molar-refractivity contribution >= 4 is 17.6 Å². The lowest BCUT2D eigenvalue weighted by molar-refractivity contribution is 0.0597. The van der Waals surface area contributed by atoms with E-state index in [-0.39, 0.29) is 17.9 Å². The predicted octanol–water partition coefficient (Wildman–Crippen LogP) is 3.98. The summed E-state index contributed by atoms with van der Waals surface area (Å²) in [5.41, 5.74) is 0.664.